The molecule has 2 aromatic carbocycles. The Balaban J connectivity index is 2.14. The molecule has 2 rings (SSSR count). The summed E-state index contributed by atoms with van der Waals surface area (Å²) in [5.41, 5.74) is 0.00649. The first kappa shape index (κ1) is 21.2. The van der Waals surface area contributed by atoms with Crippen LogP contribution in [0.4, 0.5) is 14.5 Å². The van der Waals surface area contributed by atoms with Gasteiger partial charge in [-0.3, -0.25) is 4.79 Å². The highest BCUT2D eigenvalue weighted by Gasteiger charge is 2.18. The molecule has 6 nitrogen and oxygen atoms in total. The fraction of sp³-hybridized carbons (Fsp3) is 0.235. The molecule has 1 amide bonds. The van der Waals surface area contributed by atoms with Crippen molar-refractivity contribution in [2.45, 2.75) is 17.9 Å². The first-order valence-corrected chi connectivity index (χ1v) is 9.57. The number of anilines is 1. The Hall–Kier alpha value is -2.07. The number of methoxy groups -OCH3 is 1. The third-order valence-electron chi connectivity index (χ3n) is 3.45. The van der Waals surface area contributed by atoms with Gasteiger partial charge in [-0.25, -0.2) is 21.9 Å². The standard InChI is InChI=1S/C17H17ClF2N2O4S/c1-10(9-26-2)22-27(24,25)12-5-3-11(4-6-12)21-17(23)13-7-15(19)16(20)8-14(13)18/h3-8,10,22H,9H2,1-2H3,(H,21,23). The van der Waals surface area contributed by atoms with Gasteiger partial charge in [0.2, 0.25) is 10.0 Å². The quantitative estimate of drug-likeness (QED) is 0.676. The first-order chi connectivity index (χ1) is 12.6. The summed E-state index contributed by atoms with van der Waals surface area (Å²) >= 11 is 5.76. The van der Waals surface area contributed by atoms with Crippen LogP contribution in [0.2, 0.25) is 5.02 Å². The maximum absolute atomic E-state index is 13.3. The monoisotopic (exact) mass is 418 g/mol. The molecule has 0 aliphatic carbocycles. The van der Waals surface area contributed by atoms with Gasteiger partial charge in [0.15, 0.2) is 11.6 Å². The second-order valence-corrected chi connectivity index (χ2v) is 7.82. The molecule has 0 fully saturated rings. The van der Waals surface area contributed by atoms with Crippen molar-refractivity contribution in [1.29, 1.82) is 0 Å². The molecule has 0 radical (unpaired) electrons. The lowest BCUT2D eigenvalue weighted by Gasteiger charge is -2.13. The van der Waals surface area contributed by atoms with Crippen molar-refractivity contribution < 1.29 is 26.7 Å². The number of carbonyl (C=O) groups excluding carboxylic acids is 1. The summed E-state index contributed by atoms with van der Waals surface area (Å²) in [6, 6.07) is 6.29. The summed E-state index contributed by atoms with van der Waals surface area (Å²) < 4.78 is 58.2. The van der Waals surface area contributed by atoms with Crippen molar-refractivity contribution in [3.63, 3.8) is 0 Å². The van der Waals surface area contributed by atoms with E-state index >= 15 is 0 Å². The Labute approximate surface area is 160 Å². The number of sulfonamides is 1. The van der Waals surface area contributed by atoms with Gasteiger partial charge < -0.3 is 10.1 Å². The van der Waals surface area contributed by atoms with Crippen molar-refractivity contribution in [2.75, 3.05) is 19.0 Å². The zero-order valence-corrected chi connectivity index (χ0v) is 16.0. The molecule has 10 heteroatoms. The third kappa shape index (κ3) is 5.46. The van der Waals surface area contributed by atoms with E-state index in [1.165, 1.54) is 31.4 Å². The SMILES string of the molecule is COCC(C)NS(=O)(=O)c1ccc(NC(=O)c2cc(F)c(F)cc2Cl)cc1. The Morgan fingerprint density at radius 1 is 1.19 bits per heavy atom. The summed E-state index contributed by atoms with van der Waals surface area (Å²) in [6.07, 6.45) is 0. The van der Waals surface area contributed by atoms with Gasteiger partial charge in [0, 0.05) is 18.8 Å². The lowest BCUT2D eigenvalue weighted by Crippen LogP contribution is -2.35. The molecule has 0 spiro atoms. The molecular weight excluding hydrogens is 402 g/mol. The van der Waals surface area contributed by atoms with Gasteiger partial charge in [0.1, 0.15) is 0 Å². The predicted octanol–water partition coefficient (Wildman–Crippen LogP) is 3.18. The fourth-order valence-electron chi connectivity index (χ4n) is 2.23. The van der Waals surface area contributed by atoms with E-state index in [1.54, 1.807) is 6.92 Å². The van der Waals surface area contributed by atoms with Gasteiger partial charge >= 0.3 is 0 Å². The highest BCUT2D eigenvalue weighted by Crippen LogP contribution is 2.22. The molecule has 1 atom stereocenters. The highest BCUT2D eigenvalue weighted by molar-refractivity contribution is 7.89. The normalized spacial score (nSPS) is 12.6. The Morgan fingerprint density at radius 2 is 1.78 bits per heavy atom. The number of halogens is 3. The van der Waals surface area contributed by atoms with Crippen LogP contribution in [0.1, 0.15) is 17.3 Å². The minimum atomic E-state index is -3.75. The molecule has 0 heterocycles. The average molecular weight is 419 g/mol. The summed E-state index contributed by atoms with van der Waals surface area (Å²) in [5.74, 6) is -3.13. The molecule has 0 aromatic heterocycles. The zero-order valence-electron chi connectivity index (χ0n) is 14.4. The second kappa shape index (κ2) is 8.75. The number of amides is 1. The largest absolute Gasteiger partial charge is 0.383 e. The molecule has 0 aliphatic rings. The maximum atomic E-state index is 13.3. The summed E-state index contributed by atoms with van der Waals surface area (Å²) in [7, 11) is -2.29. The van der Waals surface area contributed by atoms with Crippen LogP contribution in [-0.4, -0.2) is 34.1 Å². The molecule has 146 valence electrons. The zero-order chi connectivity index (χ0) is 20.2. The number of carbonyl (C=O) groups is 1. The maximum Gasteiger partial charge on any atom is 0.257 e. The molecule has 1 unspecified atom stereocenters. The molecule has 2 N–H and O–H groups in total. The van der Waals surface area contributed by atoms with E-state index in [1.807, 2.05) is 0 Å². The minimum Gasteiger partial charge on any atom is -0.383 e. The van der Waals surface area contributed by atoms with Crippen LogP contribution in [0.3, 0.4) is 0 Å². The summed E-state index contributed by atoms with van der Waals surface area (Å²) in [6.45, 7) is 1.86. The van der Waals surface area contributed by atoms with Crippen LogP contribution in [-0.2, 0) is 14.8 Å². The third-order valence-corrected chi connectivity index (χ3v) is 5.37. The van der Waals surface area contributed by atoms with E-state index in [9.17, 15) is 22.0 Å². The molecule has 27 heavy (non-hydrogen) atoms. The number of benzene rings is 2. The van der Waals surface area contributed by atoms with E-state index < -0.39 is 33.6 Å². The van der Waals surface area contributed by atoms with Crippen LogP contribution < -0.4 is 10.0 Å². The van der Waals surface area contributed by atoms with Crippen LogP contribution >= 0.6 is 11.6 Å². The second-order valence-electron chi connectivity index (χ2n) is 5.70. The smallest absolute Gasteiger partial charge is 0.257 e. The molecule has 2 aromatic rings. The van der Waals surface area contributed by atoms with E-state index in [-0.39, 0.29) is 27.8 Å². The number of hydrogen-bond acceptors (Lipinski definition) is 4. The first-order valence-electron chi connectivity index (χ1n) is 7.71. The van der Waals surface area contributed by atoms with E-state index in [0.29, 0.717) is 12.1 Å². The van der Waals surface area contributed by atoms with E-state index in [0.717, 1.165) is 0 Å². The Morgan fingerprint density at radius 3 is 2.37 bits per heavy atom. The number of rotatable bonds is 7. The van der Waals surface area contributed by atoms with Crippen molar-refractivity contribution >= 4 is 33.2 Å². The molecule has 0 aliphatic heterocycles. The van der Waals surface area contributed by atoms with Crippen molar-refractivity contribution in [3.05, 3.63) is 58.6 Å². The molecule has 0 saturated heterocycles. The predicted molar refractivity (Wildman–Crippen MR) is 97.4 cm³/mol. The van der Waals surface area contributed by atoms with Crippen LogP contribution in [0.15, 0.2) is 41.3 Å². The van der Waals surface area contributed by atoms with E-state index in [4.69, 9.17) is 16.3 Å². The van der Waals surface area contributed by atoms with Gasteiger partial charge in [-0.1, -0.05) is 11.6 Å². The number of ether oxygens (including phenoxy) is 1. The highest BCUT2D eigenvalue weighted by atomic mass is 35.5. The van der Waals surface area contributed by atoms with Crippen LogP contribution in [0.5, 0.6) is 0 Å². The lowest BCUT2D eigenvalue weighted by molar-refractivity contribution is 0.102. The van der Waals surface area contributed by atoms with Gasteiger partial charge in [0.05, 0.1) is 22.1 Å². The van der Waals surface area contributed by atoms with E-state index in [2.05, 4.69) is 10.0 Å². The average Bonchev–Trinajstić information content (AvgIpc) is 2.58. The van der Waals surface area contributed by atoms with Gasteiger partial charge in [0.25, 0.3) is 5.91 Å². The Bertz CT molecular complexity index is 937. The van der Waals surface area contributed by atoms with Crippen molar-refractivity contribution in [3.8, 4) is 0 Å². The number of hydrogen-bond donors (Lipinski definition) is 2. The Kier molecular flexibility index (Phi) is 6.88. The molecule has 0 saturated carbocycles. The lowest BCUT2D eigenvalue weighted by atomic mass is 10.2. The topological polar surface area (TPSA) is 84.5 Å². The van der Waals surface area contributed by atoms with Crippen LogP contribution in [0, 0.1) is 11.6 Å². The van der Waals surface area contributed by atoms with Crippen LogP contribution in [0.25, 0.3) is 0 Å². The molecule has 0 bridgehead atoms. The van der Waals surface area contributed by atoms with Crippen molar-refractivity contribution in [1.82, 2.24) is 4.72 Å². The van der Waals surface area contributed by atoms with Gasteiger partial charge in [-0.05, 0) is 43.3 Å². The van der Waals surface area contributed by atoms with Gasteiger partial charge in [-0.15, -0.1) is 0 Å². The van der Waals surface area contributed by atoms with Gasteiger partial charge in [-0.2, -0.15) is 0 Å². The minimum absolute atomic E-state index is 0.00527. The summed E-state index contributed by atoms with van der Waals surface area (Å²) in [5, 5.41) is 2.19. The molecular formula is C17H17ClF2N2O4S. The summed E-state index contributed by atoms with van der Waals surface area (Å²) in [4.78, 5) is 12.2. The number of nitrogens with one attached hydrogen (secondary N) is 2. The van der Waals surface area contributed by atoms with Crippen molar-refractivity contribution in [2.24, 2.45) is 0 Å². The fourth-order valence-corrected chi connectivity index (χ4v) is 3.69.